The van der Waals surface area contributed by atoms with Gasteiger partial charge in [0.15, 0.2) is 0 Å². The van der Waals surface area contributed by atoms with Gasteiger partial charge in [0.1, 0.15) is 5.28 Å². The van der Waals surface area contributed by atoms with Crippen LogP contribution in [-0.2, 0) is 9.57 Å². The van der Waals surface area contributed by atoms with Gasteiger partial charge < -0.3 is 19.8 Å². The molecule has 0 unspecified atom stereocenters. The first-order valence-electron chi connectivity index (χ1n) is 3.84. The Morgan fingerprint density at radius 2 is 2.36 bits per heavy atom. The quantitative estimate of drug-likeness (QED) is 0.167. The zero-order valence-electron chi connectivity index (χ0n) is 8.03. The average molecular weight is 211 g/mol. The van der Waals surface area contributed by atoms with E-state index in [9.17, 15) is 10.2 Å². The van der Waals surface area contributed by atoms with Gasteiger partial charge in [-0.05, 0) is 12.5 Å². The normalized spacial score (nSPS) is 36.5. The number of aliphatic hydroxyl groups is 1. The summed E-state index contributed by atoms with van der Waals surface area (Å²) in [7, 11) is 0. The van der Waals surface area contributed by atoms with Crippen LogP contribution in [0.5, 0.6) is 0 Å². The summed E-state index contributed by atoms with van der Waals surface area (Å²) in [6.45, 7) is 1.56. The van der Waals surface area contributed by atoms with Crippen LogP contribution in [0.25, 0.3) is 10.4 Å². The first-order chi connectivity index (χ1) is 6.15. The topological polar surface area (TPSA) is 111 Å². The molecule has 7 nitrogen and oxygen atoms in total. The van der Waals surface area contributed by atoms with Crippen LogP contribution in [0.15, 0.2) is 5.28 Å². The molecule has 1 rings (SSSR count). The second-order valence-electron chi connectivity index (χ2n) is 2.81. The van der Waals surface area contributed by atoms with E-state index < -0.39 is 24.6 Å². The second kappa shape index (κ2) is 6.47. The number of ether oxygens (including phenoxy) is 1. The van der Waals surface area contributed by atoms with E-state index in [4.69, 9.17) is 10.3 Å². The van der Waals surface area contributed by atoms with Crippen molar-refractivity contribution in [2.24, 2.45) is 5.28 Å². The average Bonchev–Trinajstić information content (AvgIpc) is 2.10. The minimum atomic E-state index is -1.16. The third kappa shape index (κ3) is 3.62. The molecule has 0 bridgehead atoms. The third-order valence-corrected chi connectivity index (χ3v) is 1.85. The van der Waals surface area contributed by atoms with Crippen LogP contribution in [0, 0.1) is 0 Å². The van der Waals surface area contributed by atoms with E-state index in [-0.39, 0.29) is 36.0 Å². The number of aliphatic hydroxyl groups excluding tert-OH is 1. The number of nitrogens with zero attached hydrogens (tertiary/aromatic N) is 3. The minimum Gasteiger partial charge on any atom is -0.850 e. The monoisotopic (exact) mass is 211 g/mol. The summed E-state index contributed by atoms with van der Waals surface area (Å²) < 4.78 is 5.03. The van der Waals surface area contributed by atoms with E-state index in [0.717, 1.165) is 0 Å². The molecule has 0 saturated carbocycles. The van der Waals surface area contributed by atoms with Gasteiger partial charge in [-0.2, -0.15) is 0 Å². The van der Waals surface area contributed by atoms with E-state index >= 15 is 0 Å². The maximum absolute atomic E-state index is 11.1. The maximum Gasteiger partial charge on any atom is 1.00 e. The maximum atomic E-state index is 11.1. The third-order valence-electron chi connectivity index (χ3n) is 1.85. The Kier molecular flexibility index (Phi) is 6.46. The van der Waals surface area contributed by atoms with Gasteiger partial charge in [0, 0.05) is 11.3 Å². The summed E-state index contributed by atoms with van der Waals surface area (Å²) in [5.41, 5.74) is 7.93. The molecular weight excluding hydrogens is 201 g/mol. The summed E-state index contributed by atoms with van der Waals surface area (Å²) >= 11 is 0. The number of rotatable bonds is 2. The molecule has 1 fully saturated rings. The largest absolute Gasteiger partial charge is 1.00 e. The van der Waals surface area contributed by atoms with Crippen molar-refractivity contribution in [3.63, 3.8) is 0 Å². The Bertz CT molecular complexity index is 211. The van der Waals surface area contributed by atoms with Crippen molar-refractivity contribution < 1.29 is 49.3 Å². The van der Waals surface area contributed by atoms with Gasteiger partial charge in [0.25, 0.3) is 0 Å². The Morgan fingerprint density at radius 3 is 2.86 bits per heavy atom. The van der Waals surface area contributed by atoms with E-state index in [0.29, 0.717) is 0 Å². The van der Waals surface area contributed by atoms with E-state index in [2.05, 4.69) is 15.0 Å². The predicted octanol–water partition coefficient (Wildman–Crippen LogP) is -3.54. The van der Waals surface area contributed by atoms with Crippen molar-refractivity contribution in [2.45, 2.75) is 37.9 Å². The van der Waals surface area contributed by atoms with Gasteiger partial charge in [-0.3, -0.25) is 0 Å². The molecule has 4 atom stereocenters. The van der Waals surface area contributed by atoms with Gasteiger partial charge in [0.2, 0.25) is 6.29 Å². The van der Waals surface area contributed by atoms with Crippen LogP contribution in [-0.4, -0.2) is 29.7 Å². The Morgan fingerprint density at radius 1 is 1.71 bits per heavy atom. The standard InChI is InChI=1S/C6H10N3O4.Na/c1-3-6(11)4(10)2-5(12-3)13-9-8-7;/h3-6,11H,2H2,1H3;/q-1;+1/t3-,4-,5+,6-;/m1./s1. The fourth-order valence-corrected chi connectivity index (χ4v) is 1.15. The van der Waals surface area contributed by atoms with Crippen LogP contribution in [0.4, 0.5) is 0 Å². The number of hydrogen-bond acceptors (Lipinski definition) is 5. The zero-order chi connectivity index (χ0) is 9.84. The molecule has 0 radical (unpaired) electrons. The fourth-order valence-electron chi connectivity index (χ4n) is 1.15. The molecule has 0 aliphatic carbocycles. The summed E-state index contributed by atoms with van der Waals surface area (Å²) in [4.78, 5) is 6.85. The molecule has 1 N–H and O–H groups in total. The summed E-state index contributed by atoms with van der Waals surface area (Å²) in [5, 5.41) is 23.1. The molecule has 8 heteroatoms. The van der Waals surface area contributed by atoms with E-state index in [1.54, 1.807) is 6.92 Å². The molecule has 0 spiro atoms. The van der Waals surface area contributed by atoms with Gasteiger partial charge >= 0.3 is 29.6 Å². The van der Waals surface area contributed by atoms with E-state index in [1.165, 1.54) is 0 Å². The van der Waals surface area contributed by atoms with Crippen LogP contribution in [0.3, 0.4) is 0 Å². The molecule has 0 aromatic rings. The molecule has 0 amide bonds. The van der Waals surface area contributed by atoms with Crippen molar-refractivity contribution in [2.75, 3.05) is 0 Å². The van der Waals surface area contributed by atoms with Gasteiger partial charge in [-0.25, -0.2) is 0 Å². The van der Waals surface area contributed by atoms with Crippen LogP contribution < -0.4 is 34.7 Å². The molecule has 14 heavy (non-hydrogen) atoms. The van der Waals surface area contributed by atoms with Crippen molar-refractivity contribution in [3.8, 4) is 0 Å². The molecule has 1 aliphatic heterocycles. The molecule has 1 heterocycles. The first-order valence-corrected chi connectivity index (χ1v) is 3.84. The number of azide groups is 1. The smallest absolute Gasteiger partial charge is 0.850 e. The summed E-state index contributed by atoms with van der Waals surface area (Å²) in [6, 6.07) is 0. The minimum absolute atomic E-state index is 0. The molecule has 0 aromatic heterocycles. The SMILES string of the molecule is C[C@H]1O[C@@H](ON=[N+]=[N-])C[C@@H]([O-])[C@@H]1O.[Na+]. The van der Waals surface area contributed by atoms with Crippen molar-refractivity contribution >= 4 is 0 Å². The van der Waals surface area contributed by atoms with Gasteiger partial charge in [-0.1, -0.05) is 6.10 Å². The molecular formula is C6H10N3NaO4. The van der Waals surface area contributed by atoms with Crippen LogP contribution in [0.1, 0.15) is 13.3 Å². The van der Waals surface area contributed by atoms with Gasteiger partial charge in [0.05, 0.1) is 12.2 Å². The van der Waals surface area contributed by atoms with Crippen LogP contribution in [0.2, 0.25) is 0 Å². The first kappa shape index (κ1) is 14.0. The zero-order valence-corrected chi connectivity index (χ0v) is 10.0. The number of hydrogen-bond donors (Lipinski definition) is 1. The molecule has 1 saturated heterocycles. The van der Waals surface area contributed by atoms with Gasteiger partial charge in [-0.15, -0.1) is 0 Å². The summed E-state index contributed by atoms with van der Waals surface area (Å²) in [5.74, 6) is 0. The Balaban J connectivity index is 0.00000169. The van der Waals surface area contributed by atoms with Crippen molar-refractivity contribution in [1.82, 2.24) is 0 Å². The predicted molar refractivity (Wildman–Crippen MR) is 39.0 cm³/mol. The Labute approximate surface area is 103 Å². The molecule has 0 aromatic carbocycles. The van der Waals surface area contributed by atoms with Crippen LogP contribution >= 0.6 is 0 Å². The van der Waals surface area contributed by atoms with Crippen molar-refractivity contribution in [3.05, 3.63) is 10.4 Å². The molecule has 74 valence electrons. The van der Waals surface area contributed by atoms with Crippen molar-refractivity contribution in [1.29, 1.82) is 0 Å². The fraction of sp³-hybridized carbons (Fsp3) is 1.00. The molecule has 1 aliphatic rings. The van der Waals surface area contributed by atoms with E-state index in [1.807, 2.05) is 0 Å². The Hall–Kier alpha value is -0.0100. The summed E-state index contributed by atoms with van der Waals surface area (Å²) in [6.07, 6.45) is -3.68. The second-order valence-corrected chi connectivity index (χ2v) is 2.81.